The highest BCUT2D eigenvalue weighted by molar-refractivity contribution is 6.01. The summed E-state index contributed by atoms with van der Waals surface area (Å²) < 4.78 is 7.86. The van der Waals surface area contributed by atoms with Gasteiger partial charge in [0.1, 0.15) is 5.75 Å². The van der Waals surface area contributed by atoms with Crippen molar-refractivity contribution in [2.75, 3.05) is 6.61 Å². The van der Waals surface area contributed by atoms with Crippen LogP contribution in [0.2, 0.25) is 0 Å². The molecule has 0 saturated heterocycles. The molecule has 0 aliphatic carbocycles. The van der Waals surface area contributed by atoms with Crippen LogP contribution >= 0.6 is 0 Å². The number of ether oxygens (including phenoxy) is 1. The molecule has 33 heavy (non-hydrogen) atoms. The lowest BCUT2D eigenvalue weighted by Gasteiger charge is -2.08. The topological polar surface area (TPSA) is 55.6 Å². The molecule has 1 N–H and O–H groups in total. The lowest BCUT2D eigenvalue weighted by molar-refractivity contribution is -0.123. The summed E-state index contributed by atoms with van der Waals surface area (Å²) in [5, 5.41) is 5.31. The minimum atomic E-state index is -0.301. The van der Waals surface area contributed by atoms with Crippen molar-refractivity contribution in [3.8, 4) is 5.75 Å². The van der Waals surface area contributed by atoms with E-state index in [1.807, 2.05) is 42.5 Å². The number of para-hydroxylation sites is 1. The van der Waals surface area contributed by atoms with E-state index in [4.69, 9.17) is 4.74 Å². The van der Waals surface area contributed by atoms with Gasteiger partial charge in [0.15, 0.2) is 6.61 Å². The lowest BCUT2D eigenvalue weighted by Crippen LogP contribution is -2.24. The summed E-state index contributed by atoms with van der Waals surface area (Å²) in [4.78, 5) is 12.2. The van der Waals surface area contributed by atoms with E-state index in [0.717, 1.165) is 28.7 Å². The lowest BCUT2D eigenvalue weighted by atomic mass is 10.0. The van der Waals surface area contributed by atoms with Gasteiger partial charge in [0.2, 0.25) is 0 Å². The maximum absolute atomic E-state index is 12.2. The predicted octanol–water partition coefficient (Wildman–Crippen LogP) is 5.65. The van der Waals surface area contributed by atoms with Crippen LogP contribution in [0, 0.1) is 6.92 Å². The van der Waals surface area contributed by atoms with E-state index in [9.17, 15) is 4.79 Å². The highest BCUT2D eigenvalue weighted by Gasteiger charge is 2.13. The third-order valence-electron chi connectivity index (χ3n) is 5.76. The third kappa shape index (κ3) is 5.32. The monoisotopic (exact) mass is 439 g/mol. The van der Waals surface area contributed by atoms with Crippen LogP contribution < -0.4 is 10.2 Å². The summed E-state index contributed by atoms with van der Waals surface area (Å²) in [6, 6.07) is 26.4. The van der Waals surface area contributed by atoms with Crippen molar-refractivity contribution in [3.63, 3.8) is 0 Å². The zero-order chi connectivity index (χ0) is 23.2. The smallest absolute Gasteiger partial charge is 0.277 e. The number of carbonyl (C=O) groups excluding carboxylic acids is 1. The van der Waals surface area contributed by atoms with Gasteiger partial charge in [0.25, 0.3) is 5.91 Å². The third-order valence-corrected chi connectivity index (χ3v) is 5.76. The SMILES string of the molecule is Cc1c(/C=N\NC(=O)COc2ccc(C(C)C)cc2)c2ccccc2n1Cc1ccccc1. The van der Waals surface area contributed by atoms with E-state index in [1.165, 1.54) is 11.1 Å². The molecule has 0 aliphatic rings. The van der Waals surface area contributed by atoms with Gasteiger partial charge in [-0.05, 0) is 42.2 Å². The molecule has 1 heterocycles. The predicted molar refractivity (Wildman–Crippen MR) is 134 cm³/mol. The van der Waals surface area contributed by atoms with E-state index >= 15 is 0 Å². The molecular weight excluding hydrogens is 410 g/mol. The highest BCUT2D eigenvalue weighted by atomic mass is 16.5. The number of carbonyl (C=O) groups is 1. The van der Waals surface area contributed by atoms with Crippen molar-refractivity contribution in [2.24, 2.45) is 5.10 Å². The molecule has 0 radical (unpaired) electrons. The first-order chi connectivity index (χ1) is 16.0. The van der Waals surface area contributed by atoms with Gasteiger partial charge < -0.3 is 9.30 Å². The van der Waals surface area contributed by atoms with Crippen molar-refractivity contribution in [1.82, 2.24) is 9.99 Å². The number of aromatic nitrogens is 1. The summed E-state index contributed by atoms with van der Waals surface area (Å²) >= 11 is 0. The molecule has 4 aromatic rings. The van der Waals surface area contributed by atoms with Crippen LogP contribution in [0.1, 0.15) is 42.1 Å². The van der Waals surface area contributed by atoms with Crippen LogP contribution in [-0.2, 0) is 11.3 Å². The Kier molecular flexibility index (Phi) is 6.89. The summed E-state index contributed by atoms with van der Waals surface area (Å²) in [6.07, 6.45) is 1.72. The van der Waals surface area contributed by atoms with E-state index in [0.29, 0.717) is 11.7 Å². The molecule has 0 saturated carbocycles. The fourth-order valence-corrected chi connectivity index (χ4v) is 3.89. The van der Waals surface area contributed by atoms with E-state index in [1.54, 1.807) is 6.21 Å². The molecule has 0 unspecified atom stereocenters. The summed E-state index contributed by atoms with van der Waals surface area (Å²) in [5.74, 6) is 0.821. The van der Waals surface area contributed by atoms with Crippen molar-refractivity contribution < 1.29 is 9.53 Å². The summed E-state index contributed by atoms with van der Waals surface area (Å²) in [5.41, 5.74) is 8.27. The molecule has 5 nitrogen and oxygen atoms in total. The highest BCUT2D eigenvalue weighted by Crippen LogP contribution is 2.25. The Morgan fingerprint density at radius 1 is 1.00 bits per heavy atom. The van der Waals surface area contributed by atoms with Crippen LogP contribution in [-0.4, -0.2) is 23.3 Å². The van der Waals surface area contributed by atoms with E-state index in [2.05, 4.69) is 72.3 Å². The van der Waals surface area contributed by atoms with E-state index < -0.39 is 0 Å². The largest absolute Gasteiger partial charge is 0.484 e. The Labute approximate surface area is 194 Å². The van der Waals surface area contributed by atoms with Gasteiger partial charge in [-0.1, -0.05) is 74.5 Å². The molecule has 1 aromatic heterocycles. The minimum Gasteiger partial charge on any atom is -0.484 e. The molecule has 4 rings (SSSR count). The molecule has 1 amide bonds. The standard InChI is InChI=1S/C28H29N3O2/c1-20(2)23-13-15-24(16-14-23)33-19-28(32)30-29-17-26-21(3)31(18-22-9-5-4-6-10-22)27-12-8-7-11-25(26)27/h4-17,20H,18-19H2,1-3H3,(H,30,32)/b29-17-. The van der Waals surface area contributed by atoms with Gasteiger partial charge in [-0.3, -0.25) is 4.79 Å². The van der Waals surface area contributed by atoms with Gasteiger partial charge in [-0.15, -0.1) is 0 Å². The van der Waals surface area contributed by atoms with Crippen molar-refractivity contribution >= 4 is 23.0 Å². The molecule has 0 bridgehead atoms. The normalized spacial score (nSPS) is 11.4. The summed E-state index contributed by atoms with van der Waals surface area (Å²) in [7, 11) is 0. The zero-order valence-corrected chi connectivity index (χ0v) is 19.3. The quantitative estimate of drug-likeness (QED) is 0.285. The molecular formula is C28H29N3O2. The average molecular weight is 440 g/mol. The first-order valence-electron chi connectivity index (χ1n) is 11.2. The molecule has 168 valence electrons. The Morgan fingerprint density at radius 2 is 1.70 bits per heavy atom. The number of amides is 1. The Bertz CT molecular complexity index is 1260. The number of hydrogen-bond acceptors (Lipinski definition) is 3. The molecule has 3 aromatic carbocycles. The first kappa shape index (κ1) is 22.3. The van der Waals surface area contributed by atoms with Gasteiger partial charge in [0, 0.05) is 28.7 Å². The van der Waals surface area contributed by atoms with Crippen LogP contribution in [0.3, 0.4) is 0 Å². The molecule has 5 heteroatoms. The molecule has 0 aliphatic heterocycles. The zero-order valence-electron chi connectivity index (χ0n) is 19.3. The average Bonchev–Trinajstić information content (AvgIpc) is 3.10. The van der Waals surface area contributed by atoms with Crippen molar-refractivity contribution in [1.29, 1.82) is 0 Å². The van der Waals surface area contributed by atoms with Gasteiger partial charge >= 0.3 is 0 Å². The first-order valence-corrected chi connectivity index (χ1v) is 11.2. The number of fused-ring (bicyclic) bond motifs is 1. The van der Waals surface area contributed by atoms with Crippen LogP contribution in [0.4, 0.5) is 0 Å². The minimum absolute atomic E-state index is 0.0902. The maximum Gasteiger partial charge on any atom is 0.277 e. The molecule has 0 fully saturated rings. The van der Waals surface area contributed by atoms with Gasteiger partial charge in [0.05, 0.1) is 6.21 Å². The number of hydrogen-bond donors (Lipinski definition) is 1. The second-order valence-corrected chi connectivity index (χ2v) is 8.39. The maximum atomic E-state index is 12.2. The second-order valence-electron chi connectivity index (χ2n) is 8.39. The van der Waals surface area contributed by atoms with Crippen LogP contribution in [0.15, 0.2) is 84.0 Å². The molecule has 0 spiro atoms. The summed E-state index contributed by atoms with van der Waals surface area (Å²) in [6.45, 7) is 7.05. The van der Waals surface area contributed by atoms with Crippen LogP contribution in [0.5, 0.6) is 5.75 Å². The molecule has 0 atom stereocenters. The fourth-order valence-electron chi connectivity index (χ4n) is 3.89. The number of nitrogens with zero attached hydrogens (tertiary/aromatic N) is 2. The number of rotatable bonds is 8. The number of benzene rings is 3. The van der Waals surface area contributed by atoms with E-state index in [-0.39, 0.29) is 12.5 Å². The second kappa shape index (κ2) is 10.2. The fraction of sp³-hybridized carbons (Fsp3) is 0.214. The Balaban J connectivity index is 1.43. The Hall–Kier alpha value is -3.86. The van der Waals surface area contributed by atoms with Gasteiger partial charge in [-0.2, -0.15) is 5.10 Å². The van der Waals surface area contributed by atoms with Crippen molar-refractivity contribution in [2.45, 2.75) is 33.2 Å². The number of nitrogens with one attached hydrogen (secondary N) is 1. The van der Waals surface area contributed by atoms with Gasteiger partial charge in [-0.25, -0.2) is 5.43 Å². The van der Waals surface area contributed by atoms with Crippen molar-refractivity contribution in [3.05, 3.63) is 101 Å². The number of hydrazone groups is 1. The van der Waals surface area contributed by atoms with Crippen LogP contribution in [0.25, 0.3) is 10.9 Å². The Morgan fingerprint density at radius 3 is 2.42 bits per heavy atom.